The van der Waals surface area contributed by atoms with Gasteiger partial charge in [0, 0.05) is 17.0 Å². The van der Waals surface area contributed by atoms with Gasteiger partial charge in [0.1, 0.15) is 5.82 Å². The first-order valence-corrected chi connectivity index (χ1v) is 6.42. The van der Waals surface area contributed by atoms with Crippen molar-refractivity contribution in [1.29, 1.82) is 5.26 Å². The van der Waals surface area contributed by atoms with Gasteiger partial charge in [0.2, 0.25) is 0 Å². The Labute approximate surface area is 121 Å². The van der Waals surface area contributed by atoms with Crippen molar-refractivity contribution in [2.45, 2.75) is 12.3 Å². The first kappa shape index (κ1) is 14.2. The van der Waals surface area contributed by atoms with Gasteiger partial charge in [-0.25, -0.2) is 4.39 Å². The van der Waals surface area contributed by atoms with Crippen molar-refractivity contribution < 1.29 is 9.18 Å². The van der Waals surface area contributed by atoms with Crippen molar-refractivity contribution in [2.75, 3.05) is 0 Å². The van der Waals surface area contributed by atoms with E-state index >= 15 is 0 Å². The van der Waals surface area contributed by atoms with Gasteiger partial charge in [-0.3, -0.25) is 4.79 Å². The molecule has 0 aliphatic rings. The average Bonchev–Trinajstić information content (AvgIpc) is 2.46. The fraction of sp³-hybridized carbons (Fsp3) is 0.125. The fourth-order valence-corrected chi connectivity index (χ4v) is 2.00. The highest BCUT2D eigenvalue weighted by atomic mass is 35.5. The lowest BCUT2D eigenvalue weighted by Gasteiger charge is -2.08. The molecule has 0 N–H and O–H groups in total. The lowest BCUT2D eigenvalue weighted by molar-refractivity contribution is 0.0979. The number of ketones is 1. The average molecular weight is 288 g/mol. The number of hydrogen-bond acceptors (Lipinski definition) is 2. The zero-order valence-corrected chi connectivity index (χ0v) is 11.3. The summed E-state index contributed by atoms with van der Waals surface area (Å²) < 4.78 is 12.9. The largest absolute Gasteiger partial charge is 0.294 e. The Bertz CT molecular complexity index is 644. The van der Waals surface area contributed by atoms with E-state index in [-0.39, 0.29) is 18.0 Å². The Kier molecular flexibility index (Phi) is 4.49. The third-order valence-corrected chi connectivity index (χ3v) is 3.24. The van der Waals surface area contributed by atoms with Crippen LogP contribution in [0, 0.1) is 17.1 Å². The minimum absolute atomic E-state index is 0.0593. The van der Waals surface area contributed by atoms with Gasteiger partial charge in [-0.2, -0.15) is 5.26 Å². The van der Waals surface area contributed by atoms with Crippen molar-refractivity contribution in [3.63, 3.8) is 0 Å². The Balaban J connectivity index is 2.14. The number of nitrogens with zero attached hydrogens (tertiary/aromatic N) is 1. The second-order valence-corrected chi connectivity index (χ2v) is 4.80. The molecule has 0 heterocycles. The number of halogens is 2. The molecule has 2 nitrogen and oxygen atoms in total. The van der Waals surface area contributed by atoms with E-state index in [1.165, 1.54) is 24.3 Å². The Morgan fingerprint density at radius 1 is 1.15 bits per heavy atom. The molecular formula is C16H11ClFNO. The molecule has 0 bridgehead atoms. The summed E-state index contributed by atoms with van der Waals surface area (Å²) in [4.78, 5) is 12.1. The molecule has 0 fully saturated rings. The quantitative estimate of drug-likeness (QED) is 0.784. The minimum atomic E-state index is -0.584. The molecule has 0 radical (unpaired) electrons. The normalized spacial score (nSPS) is 11.7. The molecule has 20 heavy (non-hydrogen) atoms. The second kappa shape index (κ2) is 6.31. The van der Waals surface area contributed by atoms with Crippen molar-refractivity contribution in [3.05, 3.63) is 70.5 Å². The molecular weight excluding hydrogens is 277 g/mol. The smallest absolute Gasteiger partial charge is 0.164 e. The van der Waals surface area contributed by atoms with Crippen LogP contribution in [-0.2, 0) is 0 Å². The molecule has 0 amide bonds. The van der Waals surface area contributed by atoms with Crippen molar-refractivity contribution in [2.24, 2.45) is 0 Å². The van der Waals surface area contributed by atoms with E-state index in [1.54, 1.807) is 24.3 Å². The summed E-state index contributed by atoms with van der Waals surface area (Å²) in [6.45, 7) is 0. The molecule has 2 rings (SSSR count). The van der Waals surface area contributed by atoms with E-state index < -0.39 is 5.92 Å². The van der Waals surface area contributed by atoms with Gasteiger partial charge in [0.25, 0.3) is 0 Å². The van der Waals surface area contributed by atoms with E-state index in [0.717, 1.165) is 0 Å². The van der Waals surface area contributed by atoms with Crippen LogP contribution in [0.2, 0.25) is 5.02 Å². The number of carbonyl (C=O) groups is 1. The van der Waals surface area contributed by atoms with Crippen LogP contribution >= 0.6 is 11.6 Å². The minimum Gasteiger partial charge on any atom is -0.294 e. The zero-order valence-electron chi connectivity index (χ0n) is 10.5. The van der Waals surface area contributed by atoms with E-state index in [9.17, 15) is 14.4 Å². The Morgan fingerprint density at radius 3 is 2.30 bits per heavy atom. The Morgan fingerprint density at radius 2 is 1.75 bits per heavy atom. The van der Waals surface area contributed by atoms with Crippen molar-refractivity contribution >= 4 is 17.4 Å². The number of carbonyl (C=O) groups excluding carboxylic acids is 1. The summed E-state index contributed by atoms with van der Waals surface area (Å²) in [6, 6.07) is 14.2. The maximum absolute atomic E-state index is 12.9. The van der Waals surface area contributed by atoms with Crippen LogP contribution in [0.5, 0.6) is 0 Å². The van der Waals surface area contributed by atoms with E-state index in [1.807, 2.05) is 0 Å². The van der Waals surface area contributed by atoms with Gasteiger partial charge in [0.15, 0.2) is 5.78 Å². The van der Waals surface area contributed by atoms with Gasteiger partial charge >= 0.3 is 0 Å². The molecule has 2 aromatic carbocycles. The van der Waals surface area contributed by atoms with Crippen LogP contribution < -0.4 is 0 Å². The van der Waals surface area contributed by atoms with Crippen molar-refractivity contribution in [3.8, 4) is 6.07 Å². The molecule has 0 saturated carbocycles. The van der Waals surface area contributed by atoms with Gasteiger partial charge in [-0.05, 0) is 42.0 Å². The summed E-state index contributed by atoms with van der Waals surface area (Å²) >= 11 is 5.76. The number of nitriles is 1. The standard InChI is InChI=1S/C16H11ClFNO/c17-14-5-1-12(2-6-14)16(20)9-13(10-19)11-3-7-15(18)8-4-11/h1-8,13H,9H2. The lowest BCUT2D eigenvalue weighted by atomic mass is 9.93. The molecule has 0 aromatic heterocycles. The second-order valence-electron chi connectivity index (χ2n) is 4.37. The highest BCUT2D eigenvalue weighted by Crippen LogP contribution is 2.22. The van der Waals surface area contributed by atoms with Gasteiger partial charge in [-0.15, -0.1) is 0 Å². The first-order valence-electron chi connectivity index (χ1n) is 6.04. The summed E-state index contributed by atoms with van der Waals surface area (Å²) in [5.74, 6) is -1.09. The number of benzene rings is 2. The predicted octanol–water partition coefficient (Wildman–Crippen LogP) is 4.36. The van der Waals surface area contributed by atoms with Gasteiger partial charge in [0.05, 0.1) is 12.0 Å². The molecule has 1 unspecified atom stereocenters. The van der Waals surface area contributed by atoms with Crippen LogP contribution in [0.15, 0.2) is 48.5 Å². The zero-order chi connectivity index (χ0) is 14.5. The fourth-order valence-electron chi connectivity index (χ4n) is 1.87. The maximum Gasteiger partial charge on any atom is 0.164 e. The molecule has 2 aromatic rings. The summed E-state index contributed by atoms with van der Waals surface area (Å²) in [5.41, 5.74) is 1.15. The third kappa shape index (κ3) is 3.43. The van der Waals surface area contributed by atoms with Crippen LogP contribution in [-0.4, -0.2) is 5.78 Å². The lowest BCUT2D eigenvalue weighted by Crippen LogP contribution is -2.06. The monoisotopic (exact) mass is 287 g/mol. The van der Waals surface area contributed by atoms with Gasteiger partial charge < -0.3 is 0 Å². The van der Waals surface area contributed by atoms with Crippen LogP contribution in [0.1, 0.15) is 28.3 Å². The first-order chi connectivity index (χ1) is 9.60. The Hall–Kier alpha value is -2.18. The van der Waals surface area contributed by atoms with Gasteiger partial charge in [-0.1, -0.05) is 23.7 Å². The number of rotatable bonds is 4. The molecule has 0 spiro atoms. The summed E-state index contributed by atoms with van der Waals surface area (Å²) in [6.07, 6.45) is 0.0593. The van der Waals surface area contributed by atoms with E-state index in [0.29, 0.717) is 16.1 Å². The van der Waals surface area contributed by atoms with Crippen molar-refractivity contribution in [1.82, 2.24) is 0 Å². The van der Waals surface area contributed by atoms with Crippen LogP contribution in [0.4, 0.5) is 4.39 Å². The van der Waals surface area contributed by atoms with E-state index in [4.69, 9.17) is 11.6 Å². The molecule has 0 saturated heterocycles. The third-order valence-electron chi connectivity index (χ3n) is 2.98. The molecule has 100 valence electrons. The number of Topliss-reactive ketones (excluding diaryl/α,β-unsaturated/α-hetero) is 1. The molecule has 0 aliphatic carbocycles. The topological polar surface area (TPSA) is 40.9 Å². The number of hydrogen-bond donors (Lipinski definition) is 0. The summed E-state index contributed by atoms with van der Waals surface area (Å²) in [7, 11) is 0. The highest BCUT2D eigenvalue weighted by Gasteiger charge is 2.16. The molecule has 0 aliphatic heterocycles. The highest BCUT2D eigenvalue weighted by molar-refractivity contribution is 6.30. The van der Waals surface area contributed by atoms with E-state index in [2.05, 4.69) is 6.07 Å². The maximum atomic E-state index is 12.9. The predicted molar refractivity (Wildman–Crippen MR) is 75.2 cm³/mol. The summed E-state index contributed by atoms with van der Waals surface area (Å²) in [5, 5.41) is 9.72. The SMILES string of the molecule is N#CC(CC(=O)c1ccc(Cl)cc1)c1ccc(F)cc1. The van der Waals surface area contributed by atoms with Crippen LogP contribution in [0.25, 0.3) is 0 Å². The van der Waals surface area contributed by atoms with Crippen LogP contribution in [0.3, 0.4) is 0 Å². The molecule has 1 atom stereocenters. The molecule has 4 heteroatoms.